The summed E-state index contributed by atoms with van der Waals surface area (Å²) in [6.07, 6.45) is 0.631. The van der Waals surface area contributed by atoms with Crippen LogP contribution in [0.5, 0.6) is 5.75 Å². The molecule has 0 radical (unpaired) electrons. The average molecular weight is 343 g/mol. The molecule has 3 rings (SSSR count). The number of hydrogen-bond donors (Lipinski definition) is 2. The number of ether oxygens (including phenoxy) is 1. The van der Waals surface area contributed by atoms with Gasteiger partial charge in [0.1, 0.15) is 11.6 Å². The van der Waals surface area contributed by atoms with Crippen LogP contribution in [-0.2, 0) is 9.59 Å². The van der Waals surface area contributed by atoms with E-state index in [1.54, 1.807) is 36.4 Å². The summed E-state index contributed by atoms with van der Waals surface area (Å²) in [6, 6.07) is 11.4. The fraction of sp³-hybridized carbons (Fsp3) is 0.263. The molecule has 0 heterocycles. The molecule has 0 aromatic heterocycles. The molecule has 0 bridgehead atoms. The lowest BCUT2D eigenvalue weighted by atomic mass is 10.1. The van der Waals surface area contributed by atoms with Crippen molar-refractivity contribution >= 4 is 11.9 Å². The van der Waals surface area contributed by atoms with Gasteiger partial charge in [-0.05, 0) is 47.7 Å². The van der Waals surface area contributed by atoms with E-state index >= 15 is 0 Å². The molecule has 0 aliphatic heterocycles. The average Bonchev–Trinajstić information content (AvgIpc) is 3.41. The van der Waals surface area contributed by atoms with Crippen molar-refractivity contribution in [1.82, 2.24) is 5.32 Å². The number of methoxy groups -OCH3 is 1. The van der Waals surface area contributed by atoms with Crippen molar-refractivity contribution in [2.45, 2.75) is 18.4 Å². The Hall–Kier alpha value is -2.89. The summed E-state index contributed by atoms with van der Waals surface area (Å²) in [6.45, 7) is 0. The van der Waals surface area contributed by atoms with E-state index in [-0.39, 0.29) is 23.6 Å². The summed E-state index contributed by atoms with van der Waals surface area (Å²) in [7, 11) is 1.52. The summed E-state index contributed by atoms with van der Waals surface area (Å²) in [4.78, 5) is 23.9. The van der Waals surface area contributed by atoms with E-state index in [0.717, 1.165) is 5.56 Å². The summed E-state index contributed by atoms with van der Waals surface area (Å²) in [5.41, 5.74) is 1.36. The van der Waals surface area contributed by atoms with Crippen LogP contribution < -0.4 is 10.1 Å². The molecule has 1 amide bonds. The van der Waals surface area contributed by atoms with Crippen molar-refractivity contribution in [3.63, 3.8) is 0 Å². The van der Waals surface area contributed by atoms with Crippen molar-refractivity contribution < 1.29 is 23.8 Å². The number of carboxylic acid groups (broad SMARTS) is 1. The van der Waals surface area contributed by atoms with Crippen molar-refractivity contribution in [2.24, 2.45) is 5.92 Å². The number of carbonyl (C=O) groups is 2. The van der Waals surface area contributed by atoms with Crippen LogP contribution in [0.15, 0.2) is 48.5 Å². The second kappa shape index (κ2) is 6.93. The predicted molar refractivity (Wildman–Crippen MR) is 88.8 cm³/mol. The first-order valence-corrected chi connectivity index (χ1v) is 7.92. The molecule has 2 aromatic carbocycles. The van der Waals surface area contributed by atoms with E-state index in [2.05, 4.69) is 5.32 Å². The highest BCUT2D eigenvalue weighted by molar-refractivity contribution is 5.88. The number of hydrogen-bond acceptors (Lipinski definition) is 3. The molecule has 1 fully saturated rings. The molecule has 1 aliphatic rings. The Bertz CT molecular complexity index is 773. The molecule has 0 unspecified atom stereocenters. The maximum Gasteiger partial charge on any atom is 0.330 e. The van der Waals surface area contributed by atoms with Crippen molar-refractivity contribution in [3.8, 4) is 5.75 Å². The van der Waals surface area contributed by atoms with Crippen LogP contribution in [-0.4, -0.2) is 24.1 Å². The third-order valence-corrected chi connectivity index (χ3v) is 4.41. The Morgan fingerprint density at radius 1 is 1.16 bits per heavy atom. The number of carbonyl (C=O) groups excluding carboxylic acids is 1. The molecule has 130 valence electrons. The zero-order valence-electron chi connectivity index (χ0n) is 13.6. The van der Waals surface area contributed by atoms with E-state index in [9.17, 15) is 19.1 Å². The van der Waals surface area contributed by atoms with Crippen molar-refractivity contribution in [2.75, 3.05) is 7.11 Å². The van der Waals surface area contributed by atoms with Gasteiger partial charge in [0.15, 0.2) is 6.04 Å². The lowest BCUT2D eigenvalue weighted by molar-refractivity contribution is -0.142. The topological polar surface area (TPSA) is 75.6 Å². The van der Waals surface area contributed by atoms with E-state index in [4.69, 9.17) is 4.74 Å². The van der Waals surface area contributed by atoms with Crippen LogP contribution >= 0.6 is 0 Å². The molecule has 6 heteroatoms. The second-order valence-electron chi connectivity index (χ2n) is 6.05. The van der Waals surface area contributed by atoms with Crippen LogP contribution in [0.25, 0.3) is 0 Å². The van der Waals surface area contributed by atoms with Crippen molar-refractivity contribution in [1.29, 1.82) is 0 Å². The maximum absolute atomic E-state index is 13.0. The third-order valence-electron chi connectivity index (χ3n) is 4.41. The minimum atomic E-state index is -1.13. The lowest BCUT2D eigenvalue weighted by Crippen LogP contribution is -2.35. The number of benzene rings is 2. The number of carboxylic acids is 1. The smallest absolute Gasteiger partial charge is 0.330 e. The predicted octanol–water partition coefficient (Wildman–Crippen LogP) is 2.88. The minimum Gasteiger partial charge on any atom is -0.497 e. The van der Waals surface area contributed by atoms with Gasteiger partial charge in [-0.1, -0.05) is 24.3 Å². The van der Waals surface area contributed by atoms with Crippen LogP contribution in [0.2, 0.25) is 0 Å². The van der Waals surface area contributed by atoms with Gasteiger partial charge in [-0.2, -0.15) is 0 Å². The summed E-state index contributed by atoms with van der Waals surface area (Å²) < 4.78 is 18.0. The molecule has 0 saturated heterocycles. The summed E-state index contributed by atoms with van der Waals surface area (Å²) in [5.74, 6) is -1.43. The van der Waals surface area contributed by atoms with Gasteiger partial charge in [0.2, 0.25) is 5.91 Å². The van der Waals surface area contributed by atoms with E-state index in [1.165, 1.54) is 19.2 Å². The van der Waals surface area contributed by atoms with Gasteiger partial charge in [-0.15, -0.1) is 0 Å². The molecular weight excluding hydrogens is 325 g/mol. The van der Waals surface area contributed by atoms with E-state index in [0.29, 0.717) is 17.7 Å². The van der Waals surface area contributed by atoms with Gasteiger partial charge >= 0.3 is 5.97 Å². The lowest BCUT2D eigenvalue weighted by Gasteiger charge is -2.15. The van der Waals surface area contributed by atoms with Gasteiger partial charge in [-0.25, -0.2) is 9.18 Å². The van der Waals surface area contributed by atoms with Crippen LogP contribution in [0, 0.1) is 11.7 Å². The van der Waals surface area contributed by atoms with E-state index in [1.807, 2.05) is 0 Å². The molecule has 0 spiro atoms. The molecular formula is C19H18FNO4. The molecule has 5 nitrogen and oxygen atoms in total. The van der Waals surface area contributed by atoms with Gasteiger partial charge in [0, 0.05) is 5.92 Å². The maximum atomic E-state index is 13.0. The highest BCUT2D eigenvalue weighted by Crippen LogP contribution is 2.47. The van der Waals surface area contributed by atoms with Crippen LogP contribution in [0.1, 0.15) is 29.5 Å². The first kappa shape index (κ1) is 17.0. The quantitative estimate of drug-likeness (QED) is 0.846. The van der Waals surface area contributed by atoms with Gasteiger partial charge in [0.05, 0.1) is 7.11 Å². The third kappa shape index (κ3) is 3.79. The Balaban J connectivity index is 1.67. The Morgan fingerprint density at radius 3 is 2.36 bits per heavy atom. The number of halogens is 1. The molecule has 2 aromatic rings. The number of rotatable bonds is 6. The first-order valence-electron chi connectivity index (χ1n) is 7.92. The number of nitrogens with one attached hydrogen (secondary N) is 1. The molecule has 2 N–H and O–H groups in total. The molecule has 1 saturated carbocycles. The second-order valence-corrected chi connectivity index (χ2v) is 6.05. The summed E-state index contributed by atoms with van der Waals surface area (Å²) in [5, 5.41) is 12.0. The fourth-order valence-electron chi connectivity index (χ4n) is 2.90. The highest BCUT2D eigenvalue weighted by Gasteiger charge is 2.44. The zero-order chi connectivity index (χ0) is 18.0. The standard InChI is InChI=1S/C19H18FNO4/c1-25-14-8-4-12(5-9-14)17(19(23)24)21-18(22)16-10-15(16)11-2-6-13(20)7-3-11/h2-9,15-17H,10H2,1H3,(H,21,22)(H,23,24)/t15-,16-,17+/m1/s1. The Morgan fingerprint density at radius 2 is 1.80 bits per heavy atom. The largest absolute Gasteiger partial charge is 0.497 e. The zero-order valence-corrected chi connectivity index (χ0v) is 13.6. The Kier molecular flexibility index (Phi) is 4.70. The van der Waals surface area contributed by atoms with Crippen LogP contribution in [0.3, 0.4) is 0 Å². The highest BCUT2D eigenvalue weighted by atomic mass is 19.1. The molecule has 25 heavy (non-hydrogen) atoms. The van der Waals surface area contributed by atoms with Crippen molar-refractivity contribution in [3.05, 3.63) is 65.5 Å². The summed E-state index contributed by atoms with van der Waals surface area (Å²) >= 11 is 0. The molecule has 3 atom stereocenters. The van der Waals surface area contributed by atoms with Gasteiger partial charge in [0.25, 0.3) is 0 Å². The van der Waals surface area contributed by atoms with E-state index < -0.39 is 12.0 Å². The Labute approximate surface area is 144 Å². The number of amides is 1. The SMILES string of the molecule is COc1ccc([C@H](NC(=O)[C@@H]2C[C@@H]2c2ccc(F)cc2)C(=O)O)cc1. The fourth-order valence-corrected chi connectivity index (χ4v) is 2.90. The van der Waals surface area contributed by atoms with Gasteiger partial charge in [-0.3, -0.25) is 4.79 Å². The monoisotopic (exact) mass is 343 g/mol. The normalized spacial score (nSPS) is 19.8. The minimum absolute atomic E-state index is 0.00547. The number of aliphatic carboxylic acids is 1. The first-order chi connectivity index (χ1) is 12.0. The van der Waals surface area contributed by atoms with Gasteiger partial charge < -0.3 is 15.2 Å². The van der Waals surface area contributed by atoms with Crippen LogP contribution in [0.4, 0.5) is 4.39 Å². The molecule has 1 aliphatic carbocycles.